The van der Waals surface area contributed by atoms with Crippen molar-refractivity contribution in [3.63, 3.8) is 0 Å². The third-order valence-corrected chi connectivity index (χ3v) is 6.31. The molecule has 0 aromatic heterocycles. The van der Waals surface area contributed by atoms with E-state index in [2.05, 4.69) is 12.2 Å². The fraction of sp³-hybridized carbons (Fsp3) is 0.600. The largest absolute Gasteiger partial charge is 0.381 e. The van der Waals surface area contributed by atoms with Crippen molar-refractivity contribution in [1.29, 1.82) is 0 Å². The summed E-state index contributed by atoms with van der Waals surface area (Å²) in [5.74, 6) is 0.145. The molecule has 4 nitrogen and oxygen atoms in total. The zero-order valence-electron chi connectivity index (χ0n) is 12.0. The summed E-state index contributed by atoms with van der Waals surface area (Å²) in [6.45, 7) is 3.59. The summed E-state index contributed by atoms with van der Waals surface area (Å²) in [7, 11) is -3.28. The summed E-state index contributed by atoms with van der Waals surface area (Å²) in [5.41, 5.74) is 0.562. The predicted molar refractivity (Wildman–Crippen MR) is 77.3 cm³/mol. The molecule has 0 saturated carbocycles. The molecule has 0 radical (unpaired) electrons. The van der Waals surface area contributed by atoms with Crippen molar-refractivity contribution in [2.24, 2.45) is 5.92 Å². The molecule has 0 amide bonds. The molecular formula is C15H20FNO3S. The summed E-state index contributed by atoms with van der Waals surface area (Å²) < 4.78 is 43.1. The van der Waals surface area contributed by atoms with Crippen LogP contribution in [0.2, 0.25) is 0 Å². The number of hydrogen-bond acceptors (Lipinski definition) is 4. The zero-order valence-corrected chi connectivity index (χ0v) is 12.8. The van der Waals surface area contributed by atoms with Gasteiger partial charge in [-0.05, 0) is 49.4 Å². The molecule has 1 aromatic rings. The number of nitrogens with one attached hydrogen (secondary N) is 1. The number of benzene rings is 1. The van der Waals surface area contributed by atoms with Gasteiger partial charge >= 0.3 is 0 Å². The Morgan fingerprint density at radius 3 is 2.90 bits per heavy atom. The van der Waals surface area contributed by atoms with Gasteiger partial charge < -0.3 is 10.1 Å². The third-order valence-electron chi connectivity index (χ3n) is 4.49. The monoisotopic (exact) mass is 313 g/mol. The Morgan fingerprint density at radius 2 is 2.19 bits per heavy atom. The predicted octanol–water partition coefficient (Wildman–Crippen LogP) is 2.06. The Morgan fingerprint density at radius 1 is 1.38 bits per heavy atom. The average molecular weight is 313 g/mol. The fourth-order valence-electron chi connectivity index (χ4n) is 3.19. The molecule has 1 fully saturated rings. The van der Waals surface area contributed by atoms with Crippen molar-refractivity contribution in [3.8, 4) is 0 Å². The second-order valence-electron chi connectivity index (χ2n) is 5.92. The van der Waals surface area contributed by atoms with Gasteiger partial charge in [-0.15, -0.1) is 0 Å². The molecule has 3 unspecified atom stereocenters. The maximum absolute atomic E-state index is 13.5. The second kappa shape index (κ2) is 5.66. The minimum Gasteiger partial charge on any atom is -0.381 e. The van der Waals surface area contributed by atoms with E-state index in [1.54, 1.807) is 0 Å². The first-order valence-corrected chi connectivity index (χ1v) is 8.98. The number of ether oxygens (including phenoxy) is 1. The molecule has 1 aromatic carbocycles. The van der Waals surface area contributed by atoms with Gasteiger partial charge in [0.25, 0.3) is 0 Å². The Bertz CT molecular complexity index is 626. The minimum atomic E-state index is -3.28. The van der Waals surface area contributed by atoms with E-state index in [4.69, 9.17) is 4.74 Å². The van der Waals surface area contributed by atoms with Gasteiger partial charge in [0.15, 0.2) is 9.84 Å². The van der Waals surface area contributed by atoms with Crippen molar-refractivity contribution < 1.29 is 17.5 Å². The molecule has 1 saturated heterocycles. The number of hydrogen-bond donors (Lipinski definition) is 1. The van der Waals surface area contributed by atoms with Gasteiger partial charge in [0.1, 0.15) is 5.82 Å². The van der Waals surface area contributed by atoms with Crippen LogP contribution in [0.25, 0.3) is 0 Å². The maximum Gasteiger partial charge on any atom is 0.178 e. The van der Waals surface area contributed by atoms with E-state index >= 15 is 0 Å². The van der Waals surface area contributed by atoms with Crippen LogP contribution in [0.3, 0.4) is 0 Å². The third kappa shape index (κ3) is 2.98. The van der Waals surface area contributed by atoms with Crippen molar-refractivity contribution in [2.75, 3.05) is 19.0 Å². The summed E-state index contributed by atoms with van der Waals surface area (Å²) in [5, 5.41) is 3.47. The number of rotatable bonds is 3. The highest BCUT2D eigenvalue weighted by molar-refractivity contribution is 7.91. The summed E-state index contributed by atoms with van der Waals surface area (Å²) >= 11 is 0. The van der Waals surface area contributed by atoms with E-state index in [0.717, 1.165) is 19.6 Å². The number of halogens is 1. The molecule has 116 valence electrons. The second-order valence-corrected chi connectivity index (χ2v) is 8.00. The van der Waals surface area contributed by atoms with E-state index in [0.29, 0.717) is 17.9 Å². The van der Waals surface area contributed by atoms with Gasteiger partial charge in [-0.25, -0.2) is 12.8 Å². The van der Waals surface area contributed by atoms with Crippen LogP contribution in [0.15, 0.2) is 23.1 Å². The van der Waals surface area contributed by atoms with Gasteiger partial charge in [0.05, 0.1) is 17.3 Å². The van der Waals surface area contributed by atoms with E-state index < -0.39 is 15.7 Å². The molecule has 0 spiro atoms. The van der Waals surface area contributed by atoms with Crippen LogP contribution < -0.4 is 5.32 Å². The molecule has 21 heavy (non-hydrogen) atoms. The lowest BCUT2D eigenvalue weighted by molar-refractivity contribution is 0.176. The molecule has 2 aliphatic heterocycles. The van der Waals surface area contributed by atoms with Crippen LogP contribution in [0.4, 0.5) is 4.39 Å². The number of sulfone groups is 1. The molecular weight excluding hydrogens is 293 g/mol. The quantitative estimate of drug-likeness (QED) is 0.868. The summed E-state index contributed by atoms with van der Waals surface area (Å²) in [6, 6.07) is 4.05. The highest BCUT2D eigenvalue weighted by Gasteiger charge is 2.33. The van der Waals surface area contributed by atoms with Gasteiger partial charge in [-0.2, -0.15) is 0 Å². The van der Waals surface area contributed by atoms with Crippen molar-refractivity contribution in [1.82, 2.24) is 5.32 Å². The highest BCUT2D eigenvalue weighted by atomic mass is 32.2. The molecule has 3 atom stereocenters. The lowest BCUT2D eigenvalue weighted by atomic mass is 9.97. The Balaban J connectivity index is 1.85. The summed E-state index contributed by atoms with van der Waals surface area (Å²) in [4.78, 5) is 0.266. The van der Waals surface area contributed by atoms with Gasteiger partial charge in [-0.1, -0.05) is 0 Å². The minimum absolute atomic E-state index is 0.108. The Hall–Kier alpha value is -0.980. The van der Waals surface area contributed by atoms with Crippen molar-refractivity contribution in [2.45, 2.75) is 36.7 Å². The standard InChI is InChI=1S/C15H20FNO3S/c1-10(11-4-6-20-9-11)17-14-5-7-21(18,19)15-3-2-12(16)8-13(14)15/h2-3,8,10-11,14,17H,4-7,9H2,1H3. The summed E-state index contributed by atoms with van der Waals surface area (Å²) in [6.07, 6.45) is 1.49. The van der Waals surface area contributed by atoms with Crippen LogP contribution in [0.1, 0.15) is 31.4 Å². The first-order chi connectivity index (χ1) is 9.97. The Labute approximate surface area is 124 Å². The van der Waals surface area contributed by atoms with Crippen LogP contribution >= 0.6 is 0 Å². The molecule has 2 aliphatic rings. The SMILES string of the molecule is CC(NC1CCS(=O)(=O)c2ccc(F)cc21)C1CCOC1. The molecule has 2 heterocycles. The normalized spacial score (nSPS) is 29.0. The fourth-order valence-corrected chi connectivity index (χ4v) is 4.79. The number of fused-ring (bicyclic) bond motifs is 1. The molecule has 6 heteroatoms. The van der Waals surface area contributed by atoms with Crippen molar-refractivity contribution >= 4 is 9.84 Å². The van der Waals surface area contributed by atoms with E-state index in [-0.39, 0.29) is 22.7 Å². The topological polar surface area (TPSA) is 55.4 Å². The Kier molecular flexibility index (Phi) is 4.03. The first-order valence-electron chi connectivity index (χ1n) is 7.33. The lowest BCUT2D eigenvalue weighted by Gasteiger charge is -2.31. The van der Waals surface area contributed by atoms with Gasteiger partial charge in [-0.3, -0.25) is 0 Å². The zero-order chi connectivity index (χ0) is 15.0. The maximum atomic E-state index is 13.5. The average Bonchev–Trinajstić information content (AvgIpc) is 2.96. The van der Waals surface area contributed by atoms with E-state index in [1.807, 2.05) is 0 Å². The van der Waals surface area contributed by atoms with Crippen LogP contribution in [0, 0.1) is 11.7 Å². The van der Waals surface area contributed by atoms with Crippen LogP contribution in [0.5, 0.6) is 0 Å². The van der Waals surface area contributed by atoms with E-state index in [1.165, 1.54) is 18.2 Å². The van der Waals surface area contributed by atoms with E-state index in [9.17, 15) is 12.8 Å². The smallest absolute Gasteiger partial charge is 0.178 e. The first kappa shape index (κ1) is 14.9. The molecule has 1 N–H and O–H groups in total. The highest BCUT2D eigenvalue weighted by Crippen LogP contribution is 2.33. The van der Waals surface area contributed by atoms with Gasteiger partial charge in [0.2, 0.25) is 0 Å². The molecule has 3 rings (SSSR count). The van der Waals surface area contributed by atoms with Crippen LogP contribution in [-0.2, 0) is 14.6 Å². The van der Waals surface area contributed by atoms with Crippen LogP contribution in [-0.4, -0.2) is 33.4 Å². The lowest BCUT2D eigenvalue weighted by Crippen LogP contribution is -2.39. The molecule has 0 aliphatic carbocycles. The van der Waals surface area contributed by atoms with Crippen molar-refractivity contribution in [3.05, 3.63) is 29.6 Å². The molecule has 0 bridgehead atoms. The van der Waals surface area contributed by atoms with Gasteiger partial charge in [0, 0.05) is 18.7 Å².